The molecule has 0 aromatic carbocycles. The highest BCUT2D eigenvalue weighted by molar-refractivity contribution is 6.31. The smallest absolute Gasteiger partial charge is 0.376 e. The van der Waals surface area contributed by atoms with Gasteiger partial charge < -0.3 is 4.74 Å². The van der Waals surface area contributed by atoms with Crippen LogP contribution in [0.25, 0.3) is 0 Å². The van der Waals surface area contributed by atoms with Crippen LogP contribution in [0.2, 0.25) is 5.02 Å². The van der Waals surface area contributed by atoms with Crippen molar-refractivity contribution in [1.29, 1.82) is 0 Å². The number of carbonyl (C=O) groups is 1. The summed E-state index contributed by atoms with van der Waals surface area (Å²) < 4.78 is 29.2. The molecule has 0 spiro atoms. The predicted molar refractivity (Wildman–Crippen MR) is 48.0 cm³/mol. The Bertz CT molecular complexity index is 374. The zero-order chi connectivity index (χ0) is 11.4. The number of aromatic nitrogens is 2. The first-order valence-corrected chi connectivity index (χ1v) is 4.41. The lowest BCUT2D eigenvalue weighted by molar-refractivity contribution is 0.0510. The molecule has 82 valence electrons. The molecule has 0 saturated heterocycles. The molecule has 0 unspecified atom stereocenters. The summed E-state index contributed by atoms with van der Waals surface area (Å²) in [4.78, 5) is 17.9. The van der Waals surface area contributed by atoms with Crippen LogP contribution in [0.5, 0.6) is 0 Å². The van der Waals surface area contributed by atoms with Crippen LogP contribution in [0.15, 0.2) is 6.20 Å². The molecule has 1 rings (SSSR count). The zero-order valence-electron chi connectivity index (χ0n) is 7.71. The Morgan fingerprint density at radius 1 is 1.67 bits per heavy atom. The number of esters is 1. The number of alkyl halides is 2. The van der Waals surface area contributed by atoms with E-state index in [9.17, 15) is 13.6 Å². The van der Waals surface area contributed by atoms with Gasteiger partial charge in [-0.15, -0.1) is 0 Å². The number of ether oxygens (including phenoxy) is 1. The molecule has 7 heteroatoms. The first-order chi connectivity index (χ1) is 7.06. The van der Waals surface area contributed by atoms with Crippen LogP contribution < -0.4 is 0 Å². The van der Waals surface area contributed by atoms with Gasteiger partial charge >= 0.3 is 5.97 Å². The van der Waals surface area contributed by atoms with Gasteiger partial charge in [0, 0.05) is 0 Å². The van der Waals surface area contributed by atoms with E-state index in [0.717, 1.165) is 6.20 Å². The van der Waals surface area contributed by atoms with Crippen LogP contribution in [0.3, 0.4) is 0 Å². The van der Waals surface area contributed by atoms with Gasteiger partial charge in [-0.1, -0.05) is 11.6 Å². The molecule has 0 N–H and O–H groups in total. The third-order valence-corrected chi connectivity index (χ3v) is 1.73. The first-order valence-electron chi connectivity index (χ1n) is 4.04. The molecule has 0 aliphatic heterocycles. The molecule has 0 aliphatic rings. The molecular formula is C8H7ClF2N2O2. The summed E-state index contributed by atoms with van der Waals surface area (Å²) >= 11 is 5.42. The van der Waals surface area contributed by atoms with Gasteiger partial charge in [0.25, 0.3) is 6.43 Å². The fourth-order valence-corrected chi connectivity index (χ4v) is 1.00. The summed E-state index contributed by atoms with van der Waals surface area (Å²) in [5.41, 5.74) is -0.672. The van der Waals surface area contributed by atoms with Crippen molar-refractivity contribution < 1.29 is 18.3 Å². The minimum absolute atomic E-state index is 0.120. The number of carbonyl (C=O) groups excluding carboxylic acids is 1. The number of hydrogen-bond acceptors (Lipinski definition) is 4. The summed E-state index contributed by atoms with van der Waals surface area (Å²) in [6.07, 6.45) is -1.91. The second-order valence-electron chi connectivity index (χ2n) is 2.45. The molecule has 0 aliphatic carbocycles. The lowest BCUT2D eigenvalue weighted by Gasteiger charge is -2.04. The predicted octanol–water partition coefficient (Wildman–Crippen LogP) is 2.24. The van der Waals surface area contributed by atoms with Gasteiger partial charge in [0.2, 0.25) is 5.82 Å². The standard InChI is InChI=1S/C8H7ClF2N2O2/c1-2-15-8(14)7-12-3-4(9)5(13-7)6(10)11/h3,6H,2H2,1H3. The first kappa shape index (κ1) is 11.8. The van der Waals surface area contributed by atoms with Crippen LogP contribution >= 0.6 is 11.6 Å². The number of rotatable bonds is 3. The van der Waals surface area contributed by atoms with Crippen LogP contribution in [-0.2, 0) is 4.74 Å². The number of nitrogens with zero attached hydrogens (tertiary/aromatic N) is 2. The number of halogens is 3. The van der Waals surface area contributed by atoms with E-state index in [2.05, 4.69) is 14.7 Å². The molecule has 0 atom stereocenters. The van der Waals surface area contributed by atoms with Crippen LogP contribution in [-0.4, -0.2) is 22.5 Å². The second kappa shape index (κ2) is 4.97. The molecule has 0 fully saturated rings. The van der Waals surface area contributed by atoms with Crippen molar-refractivity contribution in [1.82, 2.24) is 9.97 Å². The molecule has 1 aromatic rings. The molecule has 0 bridgehead atoms. The Kier molecular flexibility index (Phi) is 3.90. The second-order valence-corrected chi connectivity index (χ2v) is 2.86. The SMILES string of the molecule is CCOC(=O)c1ncc(Cl)c(C(F)F)n1. The van der Waals surface area contributed by atoms with Crippen molar-refractivity contribution >= 4 is 17.6 Å². The summed E-state index contributed by atoms with van der Waals surface area (Å²) in [5.74, 6) is -1.27. The Morgan fingerprint density at radius 3 is 2.87 bits per heavy atom. The summed E-state index contributed by atoms with van der Waals surface area (Å²) in [6, 6.07) is 0. The van der Waals surface area contributed by atoms with Gasteiger partial charge in [-0.2, -0.15) is 0 Å². The van der Waals surface area contributed by atoms with Gasteiger partial charge in [-0.3, -0.25) is 0 Å². The highest BCUT2D eigenvalue weighted by atomic mass is 35.5. The monoisotopic (exact) mass is 236 g/mol. The molecular weight excluding hydrogens is 230 g/mol. The Hall–Kier alpha value is -1.30. The molecule has 1 heterocycles. The van der Waals surface area contributed by atoms with E-state index in [0.29, 0.717) is 0 Å². The van der Waals surface area contributed by atoms with Gasteiger partial charge in [-0.25, -0.2) is 23.5 Å². The normalized spacial score (nSPS) is 10.5. The van der Waals surface area contributed by atoms with Gasteiger partial charge in [0.05, 0.1) is 17.8 Å². The fraction of sp³-hybridized carbons (Fsp3) is 0.375. The average Bonchev–Trinajstić information content (AvgIpc) is 2.18. The molecule has 4 nitrogen and oxygen atoms in total. The Balaban J connectivity index is 3.02. The zero-order valence-corrected chi connectivity index (χ0v) is 8.46. The fourth-order valence-electron chi connectivity index (χ4n) is 0.827. The van der Waals surface area contributed by atoms with E-state index in [-0.39, 0.29) is 11.6 Å². The average molecular weight is 237 g/mol. The molecule has 0 amide bonds. The third kappa shape index (κ3) is 2.82. The van der Waals surface area contributed by atoms with E-state index >= 15 is 0 Å². The van der Waals surface area contributed by atoms with Gasteiger partial charge in [0.1, 0.15) is 5.69 Å². The minimum Gasteiger partial charge on any atom is -0.460 e. The largest absolute Gasteiger partial charge is 0.460 e. The topological polar surface area (TPSA) is 52.1 Å². The Morgan fingerprint density at radius 2 is 2.33 bits per heavy atom. The minimum atomic E-state index is -2.85. The molecule has 0 radical (unpaired) electrons. The van der Waals surface area contributed by atoms with E-state index < -0.39 is 23.9 Å². The number of hydrogen-bond donors (Lipinski definition) is 0. The highest BCUT2D eigenvalue weighted by Crippen LogP contribution is 2.23. The maximum absolute atomic E-state index is 12.3. The van der Waals surface area contributed by atoms with Crippen molar-refractivity contribution in [3.05, 3.63) is 22.7 Å². The maximum Gasteiger partial charge on any atom is 0.376 e. The van der Waals surface area contributed by atoms with Crippen LogP contribution in [0, 0.1) is 0 Å². The van der Waals surface area contributed by atoms with Crippen LogP contribution in [0.1, 0.15) is 29.7 Å². The van der Waals surface area contributed by atoms with Crippen molar-refractivity contribution in [3.8, 4) is 0 Å². The molecule has 0 saturated carbocycles. The van der Waals surface area contributed by atoms with Crippen LogP contribution in [0.4, 0.5) is 8.78 Å². The molecule has 1 aromatic heterocycles. The maximum atomic E-state index is 12.3. The van der Waals surface area contributed by atoms with Crippen molar-refractivity contribution in [3.63, 3.8) is 0 Å². The van der Waals surface area contributed by atoms with E-state index in [1.165, 1.54) is 0 Å². The van der Waals surface area contributed by atoms with E-state index in [1.54, 1.807) is 6.92 Å². The van der Waals surface area contributed by atoms with Crippen molar-refractivity contribution in [2.24, 2.45) is 0 Å². The quantitative estimate of drug-likeness (QED) is 0.756. The Labute approximate surface area is 89.2 Å². The van der Waals surface area contributed by atoms with Gasteiger partial charge in [-0.05, 0) is 6.92 Å². The lowest BCUT2D eigenvalue weighted by Crippen LogP contribution is -2.11. The van der Waals surface area contributed by atoms with Crippen molar-refractivity contribution in [2.75, 3.05) is 6.61 Å². The van der Waals surface area contributed by atoms with E-state index in [4.69, 9.17) is 11.6 Å². The third-order valence-electron chi connectivity index (χ3n) is 1.44. The van der Waals surface area contributed by atoms with Crippen molar-refractivity contribution in [2.45, 2.75) is 13.3 Å². The lowest BCUT2D eigenvalue weighted by atomic mass is 10.4. The van der Waals surface area contributed by atoms with Gasteiger partial charge in [0.15, 0.2) is 0 Å². The molecule has 15 heavy (non-hydrogen) atoms. The summed E-state index contributed by atoms with van der Waals surface area (Å²) in [6.45, 7) is 1.71. The van der Waals surface area contributed by atoms with E-state index in [1.807, 2.05) is 0 Å². The highest BCUT2D eigenvalue weighted by Gasteiger charge is 2.18. The summed E-state index contributed by atoms with van der Waals surface area (Å²) in [5, 5.41) is -0.280. The summed E-state index contributed by atoms with van der Waals surface area (Å²) in [7, 11) is 0.